The van der Waals surface area contributed by atoms with Gasteiger partial charge in [0, 0.05) is 18.0 Å². The minimum Gasteiger partial charge on any atom is -0.367 e. The second kappa shape index (κ2) is 10.8. The summed E-state index contributed by atoms with van der Waals surface area (Å²) in [6, 6.07) is 20.0. The molecule has 0 fully saturated rings. The minimum absolute atomic E-state index is 0.0293. The Kier molecular flexibility index (Phi) is 7.57. The van der Waals surface area contributed by atoms with Gasteiger partial charge in [-0.05, 0) is 54.0 Å². The molecule has 0 aliphatic carbocycles. The van der Waals surface area contributed by atoms with E-state index in [2.05, 4.69) is 30.5 Å². The number of aryl methyl sites for hydroxylation is 1. The smallest absolute Gasteiger partial charge is 0.249 e. The van der Waals surface area contributed by atoms with Crippen molar-refractivity contribution in [1.82, 2.24) is 9.80 Å². The van der Waals surface area contributed by atoms with Gasteiger partial charge >= 0.3 is 0 Å². The quantitative estimate of drug-likeness (QED) is 0.492. The van der Waals surface area contributed by atoms with Gasteiger partial charge in [0.2, 0.25) is 11.8 Å². The number of nitrogens with zero attached hydrogens (tertiary/aromatic N) is 2. The topological polar surface area (TPSA) is 49.9 Å². The number of carbonyl (C=O) groups excluding carboxylic acids is 2. The Morgan fingerprint density at radius 1 is 1.06 bits per heavy atom. The minimum atomic E-state index is -0.164. The molecule has 1 atom stereocenters. The van der Waals surface area contributed by atoms with Gasteiger partial charge in [0.1, 0.15) is 6.61 Å². The number of ether oxygens (including phenoxy) is 1. The molecule has 4 rings (SSSR count). The molecule has 3 aromatic rings. The van der Waals surface area contributed by atoms with Crippen LogP contribution in [-0.4, -0.2) is 47.9 Å². The number of fused-ring (bicyclic) bond motifs is 1. The van der Waals surface area contributed by atoms with E-state index >= 15 is 0 Å². The largest absolute Gasteiger partial charge is 0.367 e. The molecule has 1 aromatic heterocycles. The molecule has 2 aromatic carbocycles. The molecule has 1 aliphatic heterocycles. The van der Waals surface area contributed by atoms with E-state index < -0.39 is 0 Å². The number of hydrogen-bond donors (Lipinski definition) is 0. The molecule has 2 amide bonds. The number of rotatable bonds is 8. The first kappa shape index (κ1) is 23.2. The van der Waals surface area contributed by atoms with Crippen LogP contribution in [0.4, 0.5) is 0 Å². The van der Waals surface area contributed by atoms with Crippen molar-refractivity contribution in [3.63, 3.8) is 0 Å². The van der Waals surface area contributed by atoms with Crippen LogP contribution in [0.3, 0.4) is 0 Å². The lowest BCUT2D eigenvalue weighted by atomic mass is 9.90. The van der Waals surface area contributed by atoms with Crippen LogP contribution in [0.15, 0.2) is 66.0 Å². The third-order valence-corrected chi connectivity index (χ3v) is 7.16. The van der Waals surface area contributed by atoms with Crippen LogP contribution in [0.25, 0.3) is 0 Å². The lowest BCUT2D eigenvalue weighted by Crippen LogP contribution is -2.47. The molecule has 172 valence electrons. The molecule has 0 saturated carbocycles. The number of likely N-dealkylation sites (N-methyl/N-ethyl adjacent to an activating group) is 1. The SMILES string of the molecule is CCN(CC(=O)N1CCc2sccc2C1c1ccccc1C)C(=O)COCc1ccccc1. The van der Waals surface area contributed by atoms with Gasteiger partial charge in [-0.2, -0.15) is 0 Å². The number of hydrogen-bond acceptors (Lipinski definition) is 4. The first-order chi connectivity index (χ1) is 16.1. The molecular formula is C27H30N2O3S. The summed E-state index contributed by atoms with van der Waals surface area (Å²) in [5.74, 6) is -0.194. The number of benzene rings is 2. The molecule has 0 spiro atoms. The lowest BCUT2D eigenvalue weighted by Gasteiger charge is -2.38. The van der Waals surface area contributed by atoms with Crippen LogP contribution in [0.5, 0.6) is 0 Å². The maximum absolute atomic E-state index is 13.5. The van der Waals surface area contributed by atoms with Gasteiger partial charge in [-0.25, -0.2) is 0 Å². The van der Waals surface area contributed by atoms with Crippen LogP contribution in [-0.2, 0) is 27.4 Å². The highest BCUT2D eigenvalue weighted by Gasteiger charge is 2.34. The van der Waals surface area contributed by atoms with E-state index in [0.717, 1.165) is 23.1 Å². The van der Waals surface area contributed by atoms with Crippen molar-refractivity contribution in [1.29, 1.82) is 0 Å². The predicted octanol–water partition coefficient (Wildman–Crippen LogP) is 4.60. The number of thiophene rings is 1. The Hall–Kier alpha value is -2.96. The highest BCUT2D eigenvalue weighted by molar-refractivity contribution is 7.10. The zero-order valence-electron chi connectivity index (χ0n) is 19.2. The van der Waals surface area contributed by atoms with Crippen molar-refractivity contribution < 1.29 is 14.3 Å². The summed E-state index contributed by atoms with van der Waals surface area (Å²) in [6.07, 6.45) is 0.849. The Balaban J connectivity index is 1.45. The van der Waals surface area contributed by atoms with Gasteiger partial charge in [0.15, 0.2) is 0 Å². The second-order valence-electron chi connectivity index (χ2n) is 8.28. The molecule has 5 nitrogen and oxygen atoms in total. The first-order valence-corrected chi connectivity index (χ1v) is 12.3. The standard InChI is InChI=1S/C27H30N2O3S/c1-3-28(26(31)19-32-18-21-10-5-4-6-11-21)17-25(30)29-15-13-24-23(14-16-33-24)27(29)22-12-8-7-9-20(22)2/h4-12,14,16,27H,3,13,15,17-19H2,1-2H3. The van der Waals surface area contributed by atoms with E-state index in [1.165, 1.54) is 10.4 Å². The van der Waals surface area contributed by atoms with Gasteiger partial charge in [0.05, 0.1) is 19.2 Å². The summed E-state index contributed by atoms with van der Waals surface area (Å²) in [7, 11) is 0. The van der Waals surface area contributed by atoms with Gasteiger partial charge < -0.3 is 14.5 Å². The van der Waals surface area contributed by atoms with Crippen molar-refractivity contribution in [3.8, 4) is 0 Å². The average Bonchev–Trinajstić information content (AvgIpc) is 3.32. The second-order valence-corrected chi connectivity index (χ2v) is 9.28. The predicted molar refractivity (Wildman–Crippen MR) is 131 cm³/mol. The molecular weight excluding hydrogens is 432 g/mol. The summed E-state index contributed by atoms with van der Waals surface area (Å²) < 4.78 is 5.62. The highest BCUT2D eigenvalue weighted by atomic mass is 32.1. The van der Waals surface area contributed by atoms with Crippen LogP contribution in [0.2, 0.25) is 0 Å². The van der Waals surface area contributed by atoms with Crippen molar-refractivity contribution in [3.05, 3.63) is 93.2 Å². The third kappa shape index (κ3) is 5.34. The summed E-state index contributed by atoms with van der Waals surface area (Å²) in [4.78, 5) is 31.1. The van der Waals surface area contributed by atoms with Gasteiger partial charge in [0.25, 0.3) is 0 Å². The maximum atomic E-state index is 13.5. The normalized spacial score (nSPS) is 15.2. The molecule has 6 heteroatoms. The van der Waals surface area contributed by atoms with E-state index in [4.69, 9.17) is 4.74 Å². The summed E-state index contributed by atoms with van der Waals surface area (Å²) in [5, 5.41) is 2.11. The van der Waals surface area contributed by atoms with E-state index in [9.17, 15) is 9.59 Å². The van der Waals surface area contributed by atoms with Crippen LogP contribution in [0, 0.1) is 6.92 Å². The number of amides is 2. The Bertz CT molecular complexity index is 1100. The van der Waals surface area contributed by atoms with E-state index in [1.54, 1.807) is 16.2 Å². The average molecular weight is 463 g/mol. The lowest BCUT2D eigenvalue weighted by molar-refractivity contribution is -0.144. The zero-order chi connectivity index (χ0) is 23.2. The maximum Gasteiger partial charge on any atom is 0.249 e. The van der Waals surface area contributed by atoms with Crippen molar-refractivity contribution in [2.24, 2.45) is 0 Å². The van der Waals surface area contributed by atoms with Gasteiger partial charge in [-0.15, -0.1) is 11.3 Å². The number of carbonyl (C=O) groups is 2. The van der Waals surface area contributed by atoms with Crippen LogP contribution >= 0.6 is 11.3 Å². The molecule has 2 heterocycles. The molecule has 0 bridgehead atoms. The fraction of sp³-hybridized carbons (Fsp3) is 0.333. The Labute approximate surface area is 199 Å². The van der Waals surface area contributed by atoms with E-state index in [1.807, 2.05) is 54.3 Å². The van der Waals surface area contributed by atoms with Gasteiger partial charge in [-0.3, -0.25) is 9.59 Å². The summed E-state index contributed by atoms with van der Waals surface area (Å²) in [5.41, 5.74) is 4.53. The fourth-order valence-corrected chi connectivity index (χ4v) is 5.27. The van der Waals surface area contributed by atoms with E-state index in [0.29, 0.717) is 19.7 Å². The molecule has 0 N–H and O–H groups in total. The van der Waals surface area contributed by atoms with Crippen LogP contribution < -0.4 is 0 Å². The zero-order valence-corrected chi connectivity index (χ0v) is 20.0. The van der Waals surface area contributed by atoms with Crippen molar-refractivity contribution in [2.45, 2.75) is 32.9 Å². The Morgan fingerprint density at radius 2 is 1.82 bits per heavy atom. The molecule has 0 saturated heterocycles. The molecule has 1 aliphatic rings. The monoisotopic (exact) mass is 462 g/mol. The molecule has 1 unspecified atom stereocenters. The first-order valence-electron chi connectivity index (χ1n) is 11.4. The van der Waals surface area contributed by atoms with E-state index in [-0.39, 0.29) is 31.0 Å². The van der Waals surface area contributed by atoms with Crippen LogP contribution in [0.1, 0.15) is 40.1 Å². The van der Waals surface area contributed by atoms with Crippen molar-refractivity contribution >= 4 is 23.2 Å². The fourth-order valence-electron chi connectivity index (χ4n) is 4.37. The third-order valence-electron chi connectivity index (χ3n) is 6.17. The molecule has 0 radical (unpaired) electrons. The summed E-state index contributed by atoms with van der Waals surface area (Å²) in [6.45, 7) is 5.50. The summed E-state index contributed by atoms with van der Waals surface area (Å²) >= 11 is 1.75. The highest BCUT2D eigenvalue weighted by Crippen LogP contribution is 2.38. The van der Waals surface area contributed by atoms with Crippen molar-refractivity contribution in [2.75, 3.05) is 26.2 Å². The molecule has 33 heavy (non-hydrogen) atoms. The van der Waals surface area contributed by atoms with Gasteiger partial charge in [-0.1, -0.05) is 54.6 Å². The Morgan fingerprint density at radius 3 is 2.58 bits per heavy atom.